The third-order valence-electron chi connectivity index (χ3n) is 4.49. The molecule has 4 rings (SSSR count). The van der Waals surface area contributed by atoms with Crippen LogP contribution >= 0.6 is 27.7 Å². The van der Waals surface area contributed by atoms with Crippen molar-refractivity contribution in [2.45, 2.75) is 18.5 Å². The minimum absolute atomic E-state index is 0.0473. The second-order valence-corrected chi connectivity index (χ2v) is 8.49. The number of aromatic nitrogens is 4. The van der Waals surface area contributed by atoms with Crippen LogP contribution in [0, 0.1) is 6.92 Å². The minimum Gasteiger partial charge on any atom is -0.383 e. The van der Waals surface area contributed by atoms with Crippen LogP contribution in [-0.4, -0.2) is 32.1 Å². The fraction of sp³-hybridized carbons (Fsp3) is 0.143. The zero-order valence-corrected chi connectivity index (χ0v) is 19.2. The van der Waals surface area contributed by atoms with Gasteiger partial charge in [-0.25, -0.2) is 4.68 Å². The summed E-state index contributed by atoms with van der Waals surface area (Å²) in [5, 5.41) is 12.0. The average molecular weight is 499 g/mol. The number of carbonyl (C=O) groups is 1. The Morgan fingerprint density at radius 3 is 2.74 bits per heavy atom. The Kier molecular flexibility index (Phi) is 6.10. The Morgan fingerprint density at radius 2 is 2.03 bits per heavy atom. The van der Waals surface area contributed by atoms with Gasteiger partial charge in [-0.1, -0.05) is 44.8 Å². The summed E-state index contributed by atoms with van der Waals surface area (Å²) in [7, 11) is 0. The van der Waals surface area contributed by atoms with Crippen molar-refractivity contribution >= 4 is 45.1 Å². The van der Waals surface area contributed by atoms with Gasteiger partial charge in [0.25, 0.3) is 5.89 Å². The summed E-state index contributed by atoms with van der Waals surface area (Å²) >= 11 is 4.76. The average Bonchev–Trinajstić information content (AvgIpc) is 3.34. The first kappa shape index (κ1) is 21.1. The molecule has 10 heteroatoms. The number of carbonyl (C=O) groups excluding carboxylic acids is 1. The van der Waals surface area contributed by atoms with Crippen LogP contribution in [0.1, 0.15) is 5.56 Å². The standard InChI is InChI=1S/C21H19BrN6O2S/c1-12-4-3-5-13(10-12)19-25-20(30-27-19)17-18(23)28(26-21(17)31-2)11-16(29)24-15-8-6-14(22)7-9-15/h3-10H,11,23H2,1-2H3,(H,24,29). The third kappa shape index (κ3) is 4.64. The molecule has 0 atom stereocenters. The lowest BCUT2D eigenvalue weighted by Gasteiger charge is -2.06. The Balaban J connectivity index is 1.58. The number of halogens is 1. The first-order chi connectivity index (χ1) is 14.9. The fourth-order valence-electron chi connectivity index (χ4n) is 3.01. The van der Waals surface area contributed by atoms with Crippen LogP contribution in [0.15, 0.2) is 62.6 Å². The molecule has 2 aromatic carbocycles. The number of hydrogen-bond donors (Lipinski definition) is 2. The number of thioether (sulfide) groups is 1. The molecule has 0 fully saturated rings. The number of aryl methyl sites for hydroxylation is 1. The summed E-state index contributed by atoms with van der Waals surface area (Å²) in [6.07, 6.45) is 1.87. The third-order valence-corrected chi connectivity index (χ3v) is 5.69. The highest BCUT2D eigenvalue weighted by Gasteiger charge is 2.23. The highest BCUT2D eigenvalue weighted by Crippen LogP contribution is 2.35. The summed E-state index contributed by atoms with van der Waals surface area (Å²) in [5.41, 5.74) is 9.47. The van der Waals surface area contributed by atoms with Crippen molar-refractivity contribution in [1.82, 2.24) is 19.9 Å². The lowest BCUT2D eigenvalue weighted by Crippen LogP contribution is -2.20. The van der Waals surface area contributed by atoms with E-state index < -0.39 is 0 Å². The fourth-order valence-corrected chi connectivity index (χ4v) is 3.85. The van der Waals surface area contributed by atoms with Gasteiger partial charge >= 0.3 is 0 Å². The number of nitrogens with zero attached hydrogens (tertiary/aromatic N) is 4. The number of benzene rings is 2. The van der Waals surface area contributed by atoms with E-state index in [4.69, 9.17) is 10.3 Å². The van der Waals surface area contributed by atoms with Gasteiger partial charge in [-0.2, -0.15) is 10.1 Å². The molecule has 0 aliphatic carbocycles. The van der Waals surface area contributed by atoms with Crippen molar-refractivity contribution in [2.75, 3.05) is 17.3 Å². The number of rotatable bonds is 6. The smallest absolute Gasteiger partial charge is 0.264 e. The second-order valence-electron chi connectivity index (χ2n) is 6.77. The molecule has 1 amide bonds. The molecular formula is C21H19BrN6O2S. The maximum atomic E-state index is 12.5. The molecular weight excluding hydrogens is 480 g/mol. The van der Waals surface area contributed by atoms with Crippen molar-refractivity contribution in [3.63, 3.8) is 0 Å². The highest BCUT2D eigenvalue weighted by molar-refractivity contribution is 9.10. The van der Waals surface area contributed by atoms with E-state index in [1.165, 1.54) is 16.4 Å². The number of amides is 1. The van der Waals surface area contributed by atoms with Gasteiger partial charge < -0.3 is 15.6 Å². The van der Waals surface area contributed by atoms with Gasteiger partial charge in [-0.05, 0) is 43.5 Å². The molecule has 2 aromatic heterocycles. The van der Waals surface area contributed by atoms with Crippen LogP contribution < -0.4 is 11.1 Å². The lowest BCUT2D eigenvalue weighted by molar-refractivity contribution is -0.116. The van der Waals surface area contributed by atoms with E-state index in [0.29, 0.717) is 22.1 Å². The van der Waals surface area contributed by atoms with Crippen molar-refractivity contribution < 1.29 is 9.32 Å². The van der Waals surface area contributed by atoms with E-state index in [2.05, 4.69) is 36.5 Å². The Morgan fingerprint density at radius 1 is 1.26 bits per heavy atom. The Bertz CT molecular complexity index is 1240. The van der Waals surface area contributed by atoms with E-state index in [1.54, 1.807) is 12.1 Å². The number of nitrogen functional groups attached to an aromatic ring is 1. The maximum Gasteiger partial charge on any atom is 0.264 e. The summed E-state index contributed by atoms with van der Waals surface area (Å²) < 4.78 is 7.85. The summed E-state index contributed by atoms with van der Waals surface area (Å²) in [5.74, 6) is 0.764. The molecule has 0 radical (unpaired) electrons. The molecule has 0 unspecified atom stereocenters. The molecule has 3 N–H and O–H groups in total. The molecule has 158 valence electrons. The largest absolute Gasteiger partial charge is 0.383 e. The first-order valence-corrected chi connectivity index (χ1v) is 11.3. The van der Waals surface area contributed by atoms with Gasteiger partial charge in [-0.3, -0.25) is 4.79 Å². The summed E-state index contributed by atoms with van der Waals surface area (Å²) in [6, 6.07) is 15.1. The number of hydrogen-bond acceptors (Lipinski definition) is 7. The monoisotopic (exact) mass is 498 g/mol. The molecule has 31 heavy (non-hydrogen) atoms. The van der Waals surface area contributed by atoms with Crippen molar-refractivity contribution in [2.24, 2.45) is 0 Å². The Hall–Kier alpha value is -3.11. The topological polar surface area (TPSA) is 112 Å². The molecule has 0 saturated heterocycles. The SMILES string of the molecule is CSc1nn(CC(=O)Nc2ccc(Br)cc2)c(N)c1-c1nc(-c2cccc(C)c2)no1. The van der Waals surface area contributed by atoms with Crippen molar-refractivity contribution in [1.29, 1.82) is 0 Å². The summed E-state index contributed by atoms with van der Waals surface area (Å²) in [4.78, 5) is 17.0. The number of nitrogens with two attached hydrogens (primary N) is 1. The van der Waals surface area contributed by atoms with Gasteiger partial charge in [0.15, 0.2) is 0 Å². The van der Waals surface area contributed by atoms with Crippen LogP contribution in [-0.2, 0) is 11.3 Å². The van der Waals surface area contributed by atoms with Crippen LogP contribution in [0.2, 0.25) is 0 Å². The summed E-state index contributed by atoms with van der Waals surface area (Å²) in [6.45, 7) is 1.95. The van der Waals surface area contributed by atoms with E-state index in [1.807, 2.05) is 49.6 Å². The van der Waals surface area contributed by atoms with Crippen molar-refractivity contribution in [3.05, 3.63) is 58.6 Å². The number of anilines is 2. The molecule has 0 aliphatic heterocycles. The van der Waals surface area contributed by atoms with Gasteiger partial charge in [0.05, 0.1) is 0 Å². The molecule has 0 saturated carbocycles. The molecule has 2 heterocycles. The lowest BCUT2D eigenvalue weighted by atomic mass is 10.1. The maximum absolute atomic E-state index is 12.5. The molecule has 0 aliphatic rings. The van der Waals surface area contributed by atoms with Gasteiger partial charge in [0.1, 0.15) is 23.0 Å². The zero-order valence-electron chi connectivity index (χ0n) is 16.8. The highest BCUT2D eigenvalue weighted by atomic mass is 79.9. The normalized spacial score (nSPS) is 10.9. The first-order valence-electron chi connectivity index (χ1n) is 9.31. The minimum atomic E-state index is -0.248. The van der Waals surface area contributed by atoms with Gasteiger partial charge in [-0.15, -0.1) is 11.8 Å². The molecule has 0 spiro atoms. The Labute approximate surface area is 191 Å². The van der Waals surface area contributed by atoms with Gasteiger partial charge in [0, 0.05) is 15.7 Å². The van der Waals surface area contributed by atoms with Crippen LogP contribution in [0.3, 0.4) is 0 Å². The predicted molar refractivity (Wildman–Crippen MR) is 125 cm³/mol. The van der Waals surface area contributed by atoms with E-state index in [-0.39, 0.29) is 24.2 Å². The second kappa shape index (κ2) is 8.94. The zero-order chi connectivity index (χ0) is 22.0. The number of nitrogens with one attached hydrogen (secondary N) is 1. The van der Waals surface area contributed by atoms with Crippen LogP contribution in [0.5, 0.6) is 0 Å². The van der Waals surface area contributed by atoms with Crippen molar-refractivity contribution in [3.8, 4) is 22.8 Å². The molecule has 4 aromatic rings. The van der Waals surface area contributed by atoms with Crippen LogP contribution in [0.4, 0.5) is 11.5 Å². The van der Waals surface area contributed by atoms with E-state index >= 15 is 0 Å². The van der Waals surface area contributed by atoms with Crippen LogP contribution in [0.25, 0.3) is 22.8 Å². The van der Waals surface area contributed by atoms with E-state index in [9.17, 15) is 4.79 Å². The predicted octanol–water partition coefficient (Wildman–Crippen LogP) is 4.61. The van der Waals surface area contributed by atoms with Gasteiger partial charge in [0.2, 0.25) is 11.7 Å². The molecule has 0 bridgehead atoms. The quantitative estimate of drug-likeness (QED) is 0.373. The van der Waals surface area contributed by atoms with E-state index in [0.717, 1.165) is 15.6 Å². The molecule has 8 nitrogen and oxygen atoms in total.